The van der Waals surface area contributed by atoms with Crippen LogP contribution in [-0.2, 0) is 23.2 Å². The van der Waals surface area contributed by atoms with Crippen molar-refractivity contribution in [3.8, 4) is 5.69 Å². The van der Waals surface area contributed by atoms with Crippen LogP contribution in [0.2, 0.25) is 0 Å². The molecule has 1 aliphatic rings. The smallest absolute Gasteiger partial charge is 0.356 e. The molecular weight excluding hydrogens is 318 g/mol. The maximum atomic E-state index is 11.6. The molecule has 0 radical (unpaired) electrons. The van der Waals surface area contributed by atoms with Crippen LogP contribution in [0.3, 0.4) is 0 Å². The summed E-state index contributed by atoms with van der Waals surface area (Å²) in [6.07, 6.45) is 0.593. The van der Waals surface area contributed by atoms with Crippen molar-refractivity contribution in [1.29, 1.82) is 0 Å². The molecule has 0 saturated carbocycles. The van der Waals surface area contributed by atoms with Gasteiger partial charge in [0.25, 0.3) is 0 Å². The van der Waals surface area contributed by atoms with E-state index >= 15 is 0 Å². The molecule has 0 spiro atoms. The SMILES string of the molecule is CC(=O)N1CCc2c(c(C(=O)O)nn2-c2ccc(C(C)(C)C)cc2)C1. The zero-order valence-electron chi connectivity index (χ0n) is 15.0. The molecule has 1 aromatic carbocycles. The number of hydrogen-bond donors (Lipinski definition) is 1. The van der Waals surface area contributed by atoms with Crippen LogP contribution in [-0.4, -0.2) is 38.2 Å². The van der Waals surface area contributed by atoms with Crippen molar-refractivity contribution in [2.24, 2.45) is 0 Å². The minimum absolute atomic E-state index is 0.0286. The maximum Gasteiger partial charge on any atom is 0.356 e. The fourth-order valence-corrected chi connectivity index (χ4v) is 3.18. The predicted octanol–water partition coefficient (Wildman–Crippen LogP) is 2.77. The molecule has 1 aliphatic heterocycles. The van der Waals surface area contributed by atoms with Gasteiger partial charge in [-0.25, -0.2) is 9.48 Å². The van der Waals surface area contributed by atoms with Gasteiger partial charge in [-0.05, 0) is 23.1 Å². The number of carbonyl (C=O) groups is 2. The van der Waals surface area contributed by atoms with E-state index in [1.165, 1.54) is 12.5 Å². The predicted molar refractivity (Wildman–Crippen MR) is 94.0 cm³/mol. The second-order valence-corrected chi connectivity index (χ2v) is 7.48. The minimum atomic E-state index is -1.06. The van der Waals surface area contributed by atoms with Gasteiger partial charge in [0.15, 0.2) is 5.69 Å². The summed E-state index contributed by atoms with van der Waals surface area (Å²) in [5, 5.41) is 13.8. The number of nitrogens with zero attached hydrogens (tertiary/aromatic N) is 3. The fraction of sp³-hybridized carbons (Fsp3) is 0.421. The van der Waals surface area contributed by atoms with Crippen LogP contribution in [0.15, 0.2) is 24.3 Å². The first-order chi connectivity index (χ1) is 11.7. The van der Waals surface area contributed by atoms with Crippen LogP contribution in [0, 0.1) is 0 Å². The van der Waals surface area contributed by atoms with Crippen LogP contribution in [0.1, 0.15) is 55.0 Å². The number of rotatable bonds is 2. The summed E-state index contributed by atoms with van der Waals surface area (Å²) >= 11 is 0. The normalized spacial score (nSPS) is 14.3. The Morgan fingerprint density at radius 3 is 2.32 bits per heavy atom. The first-order valence-electron chi connectivity index (χ1n) is 8.39. The second-order valence-electron chi connectivity index (χ2n) is 7.48. The lowest BCUT2D eigenvalue weighted by atomic mass is 9.87. The number of fused-ring (bicyclic) bond motifs is 1. The number of aromatic nitrogens is 2. The number of amides is 1. The van der Waals surface area contributed by atoms with Crippen LogP contribution in [0.5, 0.6) is 0 Å². The molecule has 6 nitrogen and oxygen atoms in total. The Morgan fingerprint density at radius 1 is 1.16 bits per heavy atom. The second kappa shape index (κ2) is 6.02. The standard InChI is InChI=1S/C19H23N3O3/c1-12(23)21-10-9-16-15(11-21)17(18(24)25)20-22(16)14-7-5-13(6-8-14)19(2,3)4/h5-8H,9-11H2,1-4H3,(H,24,25). The highest BCUT2D eigenvalue weighted by Crippen LogP contribution is 2.27. The van der Waals surface area contributed by atoms with Crippen LogP contribution in [0.4, 0.5) is 0 Å². The van der Waals surface area contributed by atoms with E-state index < -0.39 is 5.97 Å². The molecule has 0 unspecified atom stereocenters. The average Bonchev–Trinajstić information content (AvgIpc) is 2.93. The van der Waals surface area contributed by atoms with Gasteiger partial charge in [0.05, 0.1) is 11.4 Å². The Morgan fingerprint density at radius 2 is 1.80 bits per heavy atom. The molecule has 1 aromatic heterocycles. The molecule has 0 bridgehead atoms. The monoisotopic (exact) mass is 341 g/mol. The van der Waals surface area contributed by atoms with E-state index in [4.69, 9.17) is 0 Å². The Kier molecular flexibility index (Phi) is 4.14. The van der Waals surface area contributed by atoms with E-state index in [-0.39, 0.29) is 17.0 Å². The average molecular weight is 341 g/mol. The van der Waals surface area contributed by atoms with Gasteiger partial charge in [-0.3, -0.25) is 4.79 Å². The van der Waals surface area contributed by atoms with Crippen molar-refractivity contribution in [2.75, 3.05) is 6.54 Å². The number of carboxylic acid groups (broad SMARTS) is 1. The number of carbonyl (C=O) groups excluding carboxylic acids is 1. The third-order valence-corrected chi connectivity index (χ3v) is 4.68. The third kappa shape index (κ3) is 3.16. The zero-order valence-corrected chi connectivity index (χ0v) is 15.0. The largest absolute Gasteiger partial charge is 0.476 e. The quantitative estimate of drug-likeness (QED) is 0.911. The van der Waals surface area contributed by atoms with Crippen molar-refractivity contribution in [2.45, 2.75) is 46.1 Å². The molecule has 2 aromatic rings. The lowest BCUT2D eigenvalue weighted by molar-refractivity contribution is -0.129. The lowest BCUT2D eigenvalue weighted by Gasteiger charge is -2.26. The Labute approximate surface area is 147 Å². The first kappa shape index (κ1) is 17.2. The van der Waals surface area contributed by atoms with E-state index in [2.05, 4.69) is 38.0 Å². The Hall–Kier alpha value is -2.63. The molecule has 0 saturated heterocycles. The molecular formula is C19H23N3O3. The Bertz CT molecular complexity index is 829. The van der Waals surface area contributed by atoms with E-state index in [0.717, 1.165) is 11.4 Å². The molecule has 1 amide bonds. The first-order valence-corrected chi connectivity index (χ1v) is 8.39. The fourth-order valence-electron chi connectivity index (χ4n) is 3.18. The zero-order chi connectivity index (χ0) is 18.4. The molecule has 0 aliphatic carbocycles. The molecule has 2 heterocycles. The van der Waals surface area contributed by atoms with Crippen molar-refractivity contribution < 1.29 is 14.7 Å². The number of aromatic carboxylic acids is 1. The van der Waals surface area contributed by atoms with Crippen molar-refractivity contribution in [3.63, 3.8) is 0 Å². The molecule has 0 atom stereocenters. The van der Waals surface area contributed by atoms with E-state index in [0.29, 0.717) is 25.1 Å². The highest BCUT2D eigenvalue weighted by molar-refractivity contribution is 5.88. The van der Waals surface area contributed by atoms with Crippen molar-refractivity contribution in [3.05, 3.63) is 46.8 Å². The van der Waals surface area contributed by atoms with Crippen molar-refractivity contribution >= 4 is 11.9 Å². The summed E-state index contributed by atoms with van der Waals surface area (Å²) in [5.41, 5.74) is 3.63. The van der Waals surface area contributed by atoms with Gasteiger partial charge in [-0.15, -0.1) is 0 Å². The summed E-state index contributed by atoms with van der Waals surface area (Å²) in [4.78, 5) is 24.9. The summed E-state index contributed by atoms with van der Waals surface area (Å²) in [7, 11) is 0. The molecule has 0 fully saturated rings. The third-order valence-electron chi connectivity index (χ3n) is 4.68. The summed E-state index contributed by atoms with van der Waals surface area (Å²) in [5.74, 6) is -1.11. The highest BCUT2D eigenvalue weighted by atomic mass is 16.4. The van der Waals surface area contributed by atoms with Gasteiger partial charge in [0, 0.05) is 32.0 Å². The van der Waals surface area contributed by atoms with E-state index in [1.807, 2.05) is 12.1 Å². The summed E-state index contributed by atoms with van der Waals surface area (Å²) < 4.78 is 1.71. The van der Waals surface area contributed by atoms with Gasteiger partial charge < -0.3 is 10.0 Å². The molecule has 1 N–H and O–H groups in total. The molecule has 25 heavy (non-hydrogen) atoms. The number of hydrogen-bond acceptors (Lipinski definition) is 3. The summed E-state index contributed by atoms with van der Waals surface area (Å²) in [6, 6.07) is 8.04. The van der Waals surface area contributed by atoms with Crippen LogP contribution in [0.25, 0.3) is 5.69 Å². The number of carboxylic acids is 1. The lowest BCUT2D eigenvalue weighted by Crippen LogP contribution is -2.35. The van der Waals surface area contributed by atoms with Gasteiger partial charge >= 0.3 is 5.97 Å². The summed E-state index contributed by atoms with van der Waals surface area (Å²) in [6.45, 7) is 8.82. The highest BCUT2D eigenvalue weighted by Gasteiger charge is 2.29. The Balaban J connectivity index is 2.05. The molecule has 3 rings (SSSR count). The van der Waals surface area contributed by atoms with Gasteiger partial charge in [-0.1, -0.05) is 32.9 Å². The van der Waals surface area contributed by atoms with Crippen LogP contribution >= 0.6 is 0 Å². The molecule has 6 heteroatoms. The molecule has 132 valence electrons. The maximum absolute atomic E-state index is 11.6. The van der Waals surface area contributed by atoms with Crippen molar-refractivity contribution in [1.82, 2.24) is 14.7 Å². The number of benzene rings is 1. The van der Waals surface area contributed by atoms with Gasteiger partial charge in [-0.2, -0.15) is 5.10 Å². The van der Waals surface area contributed by atoms with Gasteiger partial charge in [0.1, 0.15) is 0 Å². The van der Waals surface area contributed by atoms with E-state index in [1.54, 1.807) is 9.58 Å². The topological polar surface area (TPSA) is 75.4 Å². The minimum Gasteiger partial charge on any atom is -0.476 e. The van der Waals surface area contributed by atoms with Crippen LogP contribution < -0.4 is 0 Å². The van der Waals surface area contributed by atoms with E-state index in [9.17, 15) is 14.7 Å². The van der Waals surface area contributed by atoms with Gasteiger partial charge in [0.2, 0.25) is 5.91 Å².